The van der Waals surface area contributed by atoms with Gasteiger partial charge in [-0.15, -0.1) is 0 Å². The van der Waals surface area contributed by atoms with E-state index in [0.29, 0.717) is 33.0 Å². The summed E-state index contributed by atoms with van der Waals surface area (Å²) >= 11 is 18.3. The second-order valence-corrected chi connectivity index (χ2v) is 10.7. The summed E-state index contributed by atoms with van der Waals surface area (Å²) in [6.07, 6.45) is 1.71. The molecule has 6 nitrogen and oxygen atoms in total. The molecule has 1 heterocycles. The average molecular weight is 581 g/mol. The van der Waals surface area contributed by atoms with Crippen LogP contribution >= 0.6 is 47.2 Å². The fourth-order valence-electron chi connectivity index (χ4n) is 3.71. The summed E-state index contributed by atoms with van der Waals surface area (Å²) in [5, 5.41) is 6.64. The number of urea groups is 1. The van der Waals surface area contributed by atoms with Crippen molar-refractivity contribution >= 4 is 86.0 Å². The normalized spacial score (nSPS) is 14.3. The highest BCUT2D eigenvalue weighted by molar-refractivity contribution is 8.26. The zero-order valence-electron chi connectivity index (χ0n) is 19.6. The van der Waals surface area contributed by atoms with Crippen molar-refractivity contribution in [2.24, 2.45) is 0 Å². The Labute approximate surface area is 238 Å². The predicted molar refractivity (Wildman–Crippen MR) is 158 cm³/mol. The van der Waals surface area contributed by atoms with Crippen LogP contribution in [0.1, 0.15) is 11.1 Å². The molecule has 5 rings (SSSR count). The van der Waals surface area contributed by atoms with Gasteiger partial charge in [0.05, 0.1) is 15.0 Å². The molecule has 1 saturated heterocycles. The van der Waals surface area contributed by atoms with Gasteiger partial charge in [0.25, 0.3) is 5.91 Å². The molecule has 38 heavy (non-hydrogen) atoms. The van der Waals surface area contributed by atoms with E-state index < -0.39 is 11.9 Å². The molecule has 10 heteroatoms. The van der Waals surface area contributed by atoms with E-state index in [-0.39, 0.29) is 4.32 Å². The maximum Gasteiger partial charge on any atom is 0.338 e. The van der Waals surface area contributed by atoms with Crippen molar-refractivity contribution in [3.8, 4) is 5.75 Å². The van der Waals surface area contributed by atoms with Gasteiger partial charge in [-0.3, -0.25) is 4.79 Å². The first-order valence-electron chi connectivity index (χ1n) is 11.4. The first-order chi connectivity index (χ1) is 18.4. The fourth-order valence-corrected chi connectivity index (χ4v) is 5.18. The monoisotopic (exact) mass is 579 g/mol. The maximum atomic E-state index is 12.9. The molecule has 0 unspecified atom stereocenters. The third-order valence-corrected chi connectivity index (χ3v) is 7.62. The zero-order valence-corrected chi connectivity index (χ0v) is 22.8. The molecule has 0 atom stereocenters. The number of nitrogens with one attached hydrogen (secondary N) is 2. The van der Waals surface area contributed by atoms with Crippen LogP contribution in [0.15, 0.2) is 89.8 Å². The van der Waals surface area contributed by atoms with Gasteiger partial charge in [-0.25, -0.2) is 10.2 Å². The van der Waals surface area contributed by atoms with E-state index in [0.717, 1.165) is 27.9 Å². The third kappa shape index (κ3) is 6.11. The molecule has 2 N–H and O–H groups in total. The summed E-state index contributed by atoms with van der Waals surface area (Å²) in [5.74, 6) is 0.282. The lowest BCUT2D eigenvalue weighted by molar-refractivity contribution is -0.123. The highest BCUT2D eigenvalue weighted by Gasteiger charge is 2.33. The Morgan fingerprint density at radius 3 is 2.47 bits per heavy atom. The SMILES string of the molecule is O=C(Nc1ccc(Cl)c(Cl)c1)NN1C(=O)/C(=C/c2ccc(OCc3ccc4ccccc4c3)cc2)SC1=S. The molecular weight excluding hydrogens is 561 g/mol. The lowest BCUT2D eigenvalue weighted by Gasteiger charge is -2.16. The second kappa shape index (κ2) is 11.4. The lowest BCUT2D eigenvalue weighted by atomic mass is 10.1. The summed E-state index contributed by atoms with van der Waals surface area (Å²) in [7, 11) is 0. The van der Waals surface area contributed by atoms with Crippen molar-refractivity contribution in [2.75, 3.05) is 5.32 Å². The molecule has 1 fully saturated rings. The average Bonchev–Trinajstić information content (AvgIpc) is 3.17. The molecule has 0 aromatic heterocycles. The van der Waals surface area contributed by atoms with Gasteiger partial charge in [-0.1, -0.05) is 83.5 Å². The van der Waals surface area contributed by atoms with E-state index in [1.165, 1.54) is 16.8 Å². The Kier molecular flexibility index (Phi) is 7.85. The Bertz CT molecular complexity index is 1590. The van der Waals surface area contributed by atoms with Gasteiger partial charge >= 0.3 is 6.03 Å². The number of amides is 3. The standard InChI is InChI=1S/C28H19Cl2N3O3S2/c29-23-12-9-21(15-24(23)30)31-27(35)32-33-26(34)25(38-28(33)37)14-17-6-10-22(11-7-17)36-16-18-5-8-19-3-1-2-4-20(19)13-18/h1-15H,16H2,(H2,31,32,35)/b25-14-. The number of fused-ring (bicyclic) bond motifs is 1. The summed E-state index contributed by atoms with van der Waals surface area (Å²) < 4.78 is 6.14. The summed E-state index contributed by atoms with van der Waals surface area (Å²) in [6.45, 7) is 0.443. The van der Waals surface area contributed by atoms with Crippen molar-refractivity contribution in [3.63, 3.8) is 0 Å². The predicted octanol–water partition coefficient (Wildman–Crippen LogP) is 7.66. The molecule has 0 saturated carbocycles. The van der Waals surface area contributed by atoms with Gasteiger partial charge in [-0.05, 0) is 76.6 Å². The van der Waals surface area contributed by atoms with Crippen LogP contribution in [-0.2, 0) is 11.4 Å². The minimum absolute atomic E-state index is 0.209. The molecule has 4 aromatic carbocycles. The van der Waals surface area contributed by atoms with Crippen LogP contribution in [0.5, 0.6) is 5.75 Å². The Morgan fingerprint density at radius 1 is 0.947 bits per heavy atom. The van der Waals surface area contributed by atoms with Gasteiger partial charge in [0.2, 0.25) is 0 Å². The number of ether oxygens (including phenoxy) is 1. The summed E-state index contributed by atoms with van der Waals surface area (Å²) in [4.78, 5) is 25.6. The second-order valence-electron chi connectivity index (χ2n) is 8.25. The number of rotatable bonds is 6. The van der Waals surface area contributed by atoms with Crippen molar-refractivity contribution in [1.29, 1.82) is 0 Å². The lowest BCUT2D eigenvalue weighted by Crippen LogP contribution is -2.46. The largest absolute Gasteiger partial charge is 0.489 e. The third-order valence-electron chi connectivity index (χ3n) is 5.58. The van der Waals surface area contributed by atoms with Gasteiger partial charge in [0, 0.05) is 5.69 Å². The number of halogens is 2. The number of anilines is 1. The van der Waals surface area contributed by atoms with Gasteiger partial charge in [0.15, 0.2) is 4.32 Å². The highest BCUT2D eigenvalue weighted by atomic mass is 35.5. The molecule has 1 aliphatic rings. The maximum absolute atomic E-state index is 12.9. The zero-order chi connectivity index (χ0) is 26.6. The van der Waals surface area contributed by atoms with E-state index >= 15 is 0 Å². The van der Waals surface area contributed by atoms with Gasteiger partial charge in [0.1, 0.15) is 12.4 Å². The number of nitrogens with zero attached hydrogens (tertiary/aromatic N) is 1. The number of hydrazine groups is 1. The van der Waals surface area contributed by atoms with E-state index in [2.05, 4.69) is 41.1 Å². The highest BCUT2D eigenvalue weighted by Crippen LogP contribution is 2.32. The molecule has 3 amide bonds. The summed E-state index contributed by atoms with van der Waals surface area (Å²) in [6, 6.07) is 25.8. The summed E-state index contributed by atoms with van der Waals surface area (Å²) in [5.41, 5.74) is 4.75. The molecule has 0 radical (unpaired) electrons. The van der Waals surface area contributed by atoms with Gasteiger partial charge in [-0.2, -0.15) is 5.01 Å². The van der Waals surface area contributed by atoms with Crippen LogP contribution in [0.3, 0.4) is 0 Å². The van der Waals surface area contributed by atoms with Crippen molar-refractivity contribution in [3.05, 3.63) is 111 Å². The first-order valence-corrected chi connectivity index (χ1v) is 13.3. The first kappa shape index (κ1) is 26.1. The van der Waals surface area contributed by atoms with E-state index in [1.807, 2.05) is 36.4 Å². The van der Waals surface area contributed by atoms with E-state index in [4.69, 9.17) is 40.2 Å². The molecule has 1 aliphatic heterocycles. The minimum Gasteiger partial charge on any atom is -0.489 e. The number of carbonyl (C=O) groups is 2. The van der Waals surface area contributed by atoms with Crippen LogP contribution in [0.25, 0.3) is 16.8 Å². The molecule has 0 bridgehead atoms. The molecule has 190 valence electrons. The number of hydrogen-bond acceptors (Lipinski definition) is 5. The smallest absolute Gasteiger partial charge is 0.338 e. The van der Waals surface area contributed by atoms with Crippen molar-refractivity contribution in [2.45, 2.75) is 6.61 Å². The molecular formula is C28H19Cl2N3O3S2. The Hall–Kier alpha value is -3.56. The van der Waals surface area contributed by atoms with Crippen LogP contribution < -0.4 is 15.5 Å². The Morgan fingerprint density at radius 2 is 1.71 bits per heavy atom. The minimum atomic E-state index is -0.645. The van der Waals surface area contributed by atoms with Crippen LogP contribution in [0, 0.1) is 0 Å². The number of hydrogen-bond donors (Lipinski definition) is 2. The number of benzene rings is 4. The van der Waals surface area contributed by atoms with Gasteiger partial charge < -0.3 is 10.1 Å². The van der Waals surface area contributed by atoms with Crippen molar-refractivity contribution < 1.29 is 14.3 Å². The van der Waals surface area contributed by atoms with E-state index in [1.54, 1.807) is 18.2 Å². The Balaban J connectivity index is 1.19. The number of thiocarbonyl (C=S) groups is 1. The van der Waals surface area contributed by atoms with E-state index in [9.17, 15) is 9.59 Å². The molecule has 4 aromatic rings. The number of carbonyl (C=O) groups excluding carboxylic acids is 2. The fraction of sp³-hybridized carbons (Fsp3) is 0.0357. The van der Waals surface area contributed by atoms with Crippen LogP contribution in [-0.4, -0.2) is 21.3 Å². The molecule has 0 spiro atoms. The quantitative estimate of drug-likeness (QED) is 0.181. The van der Waals surface area contributed by atoms with Crippen molar-refractivity contribution in [1.82, 2.24) is 10.4 Å². The van der Waals surface area contributed by atoms with Crippen LogP contribution in [0.4, 0.5) is 10.5 Å². The topological polar surface area (TPSA) is 70.7 Å². The van der Waals surface area contributed by atoms with Crippen LogP contribution in [0.2, 0.25) is 10.0 Å². The number of thioether (sulfide) groups is 1. The molecule has 0 aliphatic carbocycles.